The highest BCUT2D eigenvalue weighted by Gasteiger charge is 2.20. The predicted octanol–water partition coefficient (Wildman–Crippen LogP) is 5.16. The largest absolute Gasteiger partial charge is 0.370 e. The molecule has 0 radical (unpaired) electrons. The molecule has 1 aliphatic carbocycles. The number of allylic oxidation sites excluding steroid dienone is 2. The van der Waals surface area contributed by atoms with Crippen molar-refractivity contribution < 1.29 is 4.74 Å². The molecule has 0 fully saturated rings. The zero-order valence-electron chi connectivity index (χ0n) is 14.2. The van der Waals surface area contributed by atoms with Gasteiger partial charge in [-0.3, -0.25) is 0 Å². The monoisotopic (exact) mass is 330 g/mol. The van der Waals surface area contributed by atoms with Gasteiger partial charge in [0.2, 0.25) is 0 Å². The van der Waals surface area contributed by atoms with Crippen molar-refractivity contribution in [2.24, 2.45) is 0 Å². The van der Waals surface area contributed by atoms with E-state index >= 15 is 0 Å². The van der Waals surface area contributed by atoms with Gasteiger partial charge in [0.05, 0.1) is 30.9 Å². The Balaban J connectivity index is 1.57. The molecule has 0 bridgehead atoms. The van der Waals surface area contributed by atoms with E-state index in [1.165, 1.54) is 5.56 Å². The van der Waals surface area contributed by atoms with E-state index in [1.807, 2.05) is 30.6 Å². The molecule has 0 saturated carbocycles. The first-order valence-electron chi connectivity index (χ1n) is 8.79. The molecular formula is C22H22N2O. The Kier molecular flexibility index (Phi) is 4.75. The summed E-state index contributed by atoms with van der Waals surface area (Å²) in [5.41, 5.74) is 4.53. The van der Waals surface area contributed by atoms with Gasteiger partial charge >= 0.3 is 0 Å². The summed E-state index contributed by atoms with van der Waals surface area (Å²) in [6.45, 7) is 1.18. The Morgan fingerprint density at radius 1 is 0.880 bits per heavy atom. The highest BCUT2D eigenvalue weighted by molar-refractivity contribution is 5.61. The lowest BCUT2D eigenvalue weighted by Gasteiger charge is -2.16. The molecule has 0 saturated heterocycles. The van der Waals surface area contributed by atoms with Crippen molar-refractivity contribution >= 4 is 0 Å². The lowest BCUT2D eigenvalue weighted by atomic mass is 10.1. The van der Waals surface area contributed by atoms with Crippen LogP contribution in [0.15, 0.2) is 79.1 Å². The maximum Gasteiger partial charge on any atom is 0.0959 e. The quantitative estimate of drug-likeness (QED) is 0.584. The molecule has 1 aliphatic rings. The van der Waals surface area contributed by atoms with E-state index in [2.05, 4.69) is 53.1 Å². The second kappa shape index (κ2) is 7.49. The number of imidazole rings is 1. The molecule has 3 aromatic rings. The normalized spacial score (nSPS) is 14.2. The van der Waals surface area contributed by atoms with Gasteiger partial charge in [0.1, 0.15) is 0 Å². The Labute approximate surface area is 148 Å². The zero-order chi connectivity index (χ0) is 16.9. The molecule has 1 heterocycles. The third-order valence-electron chi connectivity index (χ3n) is 4.67. The SMILES string of the molecule is C1=CCC(n2cnc(-c3ccccc3)c2COCc2ccccc2)C1. The maximum atomic E-state index is 6.05. The topological polar surface area (TPSA) is 27.1 Å². The summed E-state index contributed by atoms with van der Waals surface area (Å²) in [4.78, 5) is 4.71. The van der Waals surface area contributed by atoms with Gasteiger partial charge in [-0.05, 0) is 18.4 Å². The summed E-state index contributed by atoms with van der Waals surface area (Å²) in [5, 5.41) is 0. The fraction of sp³-hybridized carbons (Fsp3) is 0.227. The van der Waals surface area contributed by atoms with Crippen LogP contribution in [0, 0.1) is 0 Å². The van der Waals surface area contributed by atoms with Gasteiger partial charge < -0.3 is 9.30 Å². The second-order valence-electron chi connectivity index (χ2n) is 6.39. The smallest absolute Gasteiger partial charge is 0.0959 e. The van der Waals surface area contributed by atoms with Crippen LogP contribution in [0.2, 0.25) is 0 Å². The molecule has 0 N–H and O–H groups in total. The van der Waals surface area contributed by atoms with Crippen LogP contribution in [-0.4, -0.2) is 9.55 Å². The standard InChI is InChI=1S/C22H22N2O/c1-3-9-18(10-4-1)15-25-16-21-22(19-11-5-2-6-12-19)23-17-24(21)20-13-7-8-14-20/h1-12,17,20H,13-16H2. The summed E-state index contributed by atoms with van der Waals surface area (Å²) < 4.78 is 8.34. The number of hydrogen-bond acceptors (Lipinski definition) is 2. The van der Waals surface area contributed by atoms with Crippen LogP contribution in [0.5, 0.6) is 0 Å². The minimum Gasteiger partial charge on any atom is -0.370 e. The van der Waals surface area contributed by atoms with Crippen LogP contribution < -0.4 is 0 Å². The van der Waals surface area contributed by atoms with Crippen LogP contribution in [0.4, 0.5) is 0 Å². The molecule has 25 heavy (non-hydrogen) atoms. The van der Waals surface area contributed by atoms with Crippen LogP contribution in [0.1, 0.15) is 30.1 Å². The highest BCUT2D eigenvalue weighted by Crippen LogP contribution is 2.30. The Morgan fingerprint density at radius 3 is 2.28 bits per heavy atom. The van der Waals surface area contributed by atoms with E-state index in [-0.39, 0.29) is 0 Å². The van der Waals surface area contributed by atoms with Gasteiger partial charge in [0.15, 0.2) is 0 Å². The lowest BCUT2D eigenvalue weighted by Crippen LogP contribution is -2.10. The molecule has 3 heteroatoms. The first kappa shape index (κ1) is 15.9. The number of ether oxygens (including phenoxy) is 1. The van der Waals surface area contributed by atoms with Crippen molar-refractivity contribution in [2.45, 2.75) is 32.1 Å². The summed E-state index contributed by atoms with van der Waals surface area (Å²) in [7, 11) is 0. The highest BCUT2D eigenvalue weighted by atomic mass is 16.5. The molecule has 3 nitrogen and oxygen atoms in total. The minimum absolute atomic E-state index is 0.459. The van der Waals surface area contributed by atoms with Crippen LogP contribution in [-0.2, 0) is 18.0 Å². The molecule has 0 spiro atoms. The first-order valence-corrected chi connectivity index (χ1v) is 8.79. The predicted molar refractivity (Wildman–Crippen MR) is 100 cm³/mol. The molecule has 0 atom stereocenters. The molecule has 1 aromatic heterocycles. The van der Waals surface area contributed by atoms with Gasteiger partial charge in [-0.25, -0.2) is 4.98 Å². The van der Waals surface area contributed by atoms with Crippen molar-refractivity contribution in [3.05, 3.63) is 90.4 Å². The van der Waals surface area contributed by atoms with E-state index in [9.17, 15) is 0 Å². The van der Waals surface area contributed by atoms with Crippen molar-refractivity contribution in [1.29, 1.82) is 0 Å². The van der Waals surface area contributed by atoms with Crippen molar-refractivity contribution in [3.63, 3.8) is 0 Å². The second-order valence-corrected chi connectivity index (χ2v) is 6.39. The van der Waals surface area contributed by atoms with Crippen molar-refractivity contribution in [3.8, 4) is 11.3 Å². The van der Waals surface area contributed by atoms with Crippen molar-refractivity contribution in [2.75, 3.05) is 0 Å². The van der Waals surface area contributed by atoms with Gasteiger partial charge in [-0.1, -0.05) is 72.8 Å². The maximum absolute atomic E-state index is 6.05. The Hall–Kier alpha value is -2.65. The van der Waals surface area contributed by atoms with Crippen molar-refractivity contribution in [1.82, 2.24) is 9.55 Å². The summed E-state index contributed by atoms with van der Waals surface area (Å²) >= 11 is 0. The number of hydrogen-bond donors (Lipinski definition) is 0. The molecule has 4 rings (SSSR count). The van der Waals surface area contributed by atoms with Gasteiger partial charge in [0.25, 0.3) is 0 Å². The summed E-state index contributed by atoms with van der Waals surface area (Å²) in [6.07, 6.45) is 8.61. The summed E-state index contributed by atoms with van der Waals surface area (Å²) in [6, 6.07) is 21.1. The third kappa shape index (κ3) is 3.57. The van der Waals surface area contributed by atoms with E-state index in [0.717, 1.165) is 29.8 Å². The van der Waals surface area contributed by atoms with E-state index < -0.39 is 0 Å². The fourth-order valence-electron chi connectivity index (χ4n) is 3.35. The molecular weight excluding hydrogens is 308 g/mol. The van der Waals surface area contributed by atoms with Crippen LogP contribution in [0.25, 0.3) is 11.3 Å². The Morgan fingerprint density at radius 2 is 1.56 bits per heavy atom. The zero-order valence-corrected chi connectivity index (χ0v) is 14.2. The molecule has 0 unspecified atom stereocenters. The molecule has 0 amide bonds. The fourth-order valence-corrected chi connectivity index (χ4v) is 3.35. The van der Waals surface area contributed by atoms with E-state index in [1.54, 1.807) is 0 Å². The van der Waals surface area contributed by atoms with Crippen LogP contribution in [0.3, 0.4) is 0 Å². The minimum atomic E-state index is 0.459. The number of nitrogens with zero attached hydrogens (tertiary/aromatic N) is 2. The average Bonchev–Trinajstić information content (AvgIpc) is 3.33. The van der Waals surface area contributed by atoms with Crippen LogP contribution >= 0.6 is 0 Å². The Bertz CT molecular complexity index is 829. The number of aromatic nitrogens is 2. The number of rotatable bonds is 6. The first-order chi connectivity index (χ1) is 12.4. The van der Waals surface area contributed by atoms with Gasteiger partial charge in [-0.2, -0.15) is 0 Å². The van der Waals surface area contributed by atoms with Gasteiger partial charge in [-0.15, -0.1) is 0 Å². The van der Waals surface area contributed by atoms with E-state index in [0.29, 0.717) is 19.3 Å². The lowest BCUT2D eigenvalue weighted by molar-refractivity contribution is 0.101. The molecule has 2 aromatic carbocycles. The van der Waals surface area contributed by atoms with E-state index in [4.69, 9.17) is 9.72 Å². The average molecular weight is 330 g/mol. The third-order valence-corrected chi connectivity index (χ3v) is 4.67. The summed E-state index contributed by atoms with van der Waals surface area (Å²) in [5.74, 6) is 0. The number of benzene rings is 2. The van der Waals surface area contributed by atoms with Gasteiger partial charge in [0, 0.05) is 11.6 Å². The molecule has 0 aliphatic heterocycles. The molecule has 126 valence electrons.